The Morgan fingerprint density at radius 3 is 1.69 bits per heavy atom. The minimum atomic E-state index is -4.62. The summed E-state index contributed by atoms with van der Waals surface area (Å²) in [6.45, 7) is 1.35. The second kappa shape index (κ2) is 18.8. The van der Waals surface area contributed by atoms with Gasteiger partial charge in [-0.05, 0) is 74.2 Å². The van der Waals surface area contributed by atoms with Crippen molar-refractivity contribution in [3.05, 3.63) is 118 Å². The Bertz CT molecular complexity index is 2660. The Morgan fingerprint density at radius 1 is 0.662 bits per heavy atom. The summed E-state index contributed by atoms with van der Waals surface area (Å²) >= 11 is 5.63. The number of nitrogens with one attached hydrogen (secondary N) is 1. The summed E-state index contributed by atoms with van der Waals surface area (Å²) < 4.78 is 118. The van der Waals surface area contributed by atoms with Gasteiger partial charge in [-0.25, -0.2) is 18.1 Å². The van der Waals surface area contributed by atoms with Crippen molar-refractivity contribution in [3.8, 4) is 11.4 Å². The van der Waals surface area contributed by atoms with Crippen molar-refractivity contribution in [2.45, 2.75) is 70.6 Å². The highest BCUT2D eigenvalue weighted by molar-refractivity contribution is 6.29. The third-order valence-corrected chi connectivity index (χ3v) is 11.4. The fraction of sp³-hybridized carbons (Fsp3) is 0.381. The van der Waals surface area contributed by atoms with E-state index in [2.05, 4.69) is 25.5 Å². The van der Waals surface area contributed by atoms with Gasteiger partial charge in [-0.2, -0.15) is 46.7 Å². The summed E-state index contributed by atoms with van der Waals surface area (Å²) in [6.07, 6.45) is -2.00. The highest BCUT2D eigenvalue weighted by atomic mass is 35.5. The van der Waals surface area contributed by atoms with Gasteiger partial charge in [-0.3, -0.25) is 19.4 Å². The number of hydrogen-bond acceptors (Lipinski definition) is 8. The summed E-state index contributed by atoms with van der Waals surface area (Å²) in [4.78, 5) is 28.2. The van der Waals surface area contributed by atoms with Crippen molar-refractivity contribution in [1.82, 2.24) is 39.5 Å². The van der Waals surface area contributed by atoms with Gasteiger partial charge in [0.1, 0.15) is 24.1 Å². The van der Waals surface area contributed by atoms with Crippen molar-refractivity contribution in [2.24, 2.45) is 0 Å². The molecule has 2 aromatic carbocycles. The van der Waals surface area contributed by atoms with Crippen LogP contribution in [-0.4, -0.2) is 83.5 Å². The highest BCUT2D eigenvalue weighted by Crippen LogP contribution is 2.36. The number of aromatic nitrogens is 8. The van der Waals surface area contributed by atoms with Crippen molar-refractivity contribution in [2.75, 3.05) is 42.0 Å². The van der Waals surface area contributed by atoms with E-state index in [0.717, 1.165) is 40.3 Å². The van der Waals surface area contributed by atoms with Gasteiger partial charge in [0.2, 0.25) is 11.8 Å². The van der Waals surface area contributed by atoms with Gasteiger partial charge in [-0.1, -0.05) is 0 Å². The largest absolute Gasteiger partial charge is 0.435 e. The Labute approximate surface area is 369 Å². The number of ether oxygens (including phenoxy) is 2. The Balaban J connectivity index is 0.000000148. The van der Waals surface area contributed by atoms with Gasteiger partial charge in [0.25, 0.3) is 0 Å². The van der Waals surface area contributed by atoms with Crippen LogP contribution in [0.25, 0.3) is 11.4 Å². The van der Waals surface area contributed by atoms with Gasteiger partial charge in [0.05, 0.1) is 73.0 Å². The molecule has 10 rings (SSSR count). The van der Waals surface area contributed by atoms with E-state index >= 15 is 0 Å². The second-order valence-electron chi connectivity index (χ2n) is 15.2. The van der Waals surface area contributed by atoms with E-state index in [1.54, 1.807) is 50.9 Å². The van der Waals surface area contributed by atoms with E-state index < -0.39 is 23.7 Å². The first-order valence-corrected chi connectivity index (χ1v) is 20.9. The lowest BCUT2D eigenvalue weighted by atomic mass is 10.1. The van der Waals surface area contributed by atoms with Crippen LogP contribution in [0, 0.1) is 11.6 Å². The van der Waals surface area contributed by atoms with Gasteiger partial charge >= 0.3 is 12.4 Å². The lowest BCUT2D eigenvalue weighted by molar-refractivity contribution is -0.143. The molecule has 23 heteroatoms. The predicted molar refractivity (Wildman–Crippen MR) is 217 cm³/mol. The zero-order valence-electron chi connectivity index (χ0n) is 34.2. The first kappa shape index (κ1) is 45.4. The van der Waals surface area contributed by atoms with E-state index in [-0.39, 0.29) is 73.2 Å². The van der Waals surface area contributed by atoms with Gasteiger partial charge in [0.15, 0.2) is 11.4 Å². The number of H-pyrrole nitrogens is 1. The third kappa shape index (κ3) is 9.64. The summed E-state index contributed by atoms with van der Waals surface area (Å²) in [5, 5.41) is 18.0. The number of rotatable bonds is 5. The molecule has 4 aliphatic rings. The molecule has 344 valence electrons. The minimum Gasteiger partial charge on any atom is -0.376 e. The molecule has 4 aliphatic heterocycles. The first-order chi connectivity index (χ1) is 31.1. The molecule has 0 atom stereocenters. The highest BCUT2D eigenvalue weighted by Gasteiger charge is 2.41. The number of alkyl halides is 7. The van der Waals surface area contributed by atoms with Crippen LogP contribution < -0.4 is 9.80 Å². The number of halogens is 9. The van der Waals surface area contributed by atoms with Crippen LogP contribution in [0.2, 0.25) is 0 Å². The molecule has 4 aromatic heterocycles. The van der Waals surface area contributed by atoms with Crippen molar-refractivity contribution < 1.29 is 54.2 Å². The lowest BCUT2D eigenvalue weighted by Crippen LogP contribution is -2.38. The van der Waals surface area contributed by atoms with Crippen LogP contribution >= 0.6 is 11.6 Å². The lowest BCUT2D eigenvalue weighted by Gasteiger charge is -2.27. The van der Waals surface area contributed by atoms with Crippen LogP contribution in [0.5, 0.6) is 0 Å². The number of fused-ring (bicyclic) bond motifs is 4. The standard InChI is InChI=1S/C21H19F4N5O2.C14H13ClFN3O.C7H7F3N2O/c22-13-3-5-14(6-4-13)30-17-2-1-8-28(18(17)10-26-30)19(31)11-29-16-7-9-32-12-15(16)20(27-29)21(23,24)25;15-8-14(20)18-7-1-2-12-13(18)9-17-19(12)11-5-3-10(16)4-6-11;8-7(9,10)6-4-3-13-2-1-5(4)11-12-6/h3-6,10H,1-2,7-9,11-12H2;3-6,9H,1-2,7-8H2;1-3H2,(H,11,12). The smallest absolute Gasteiger partial charge is 0.376 e. The maximum absolute atomic E-state index is 13.4. The molecule has 2 amide bonds. The van der Waals surface area contributed by atoms with E-state index in [9.17, 15) is 44.7 Å². The van der Waals surface area contributed by atoms with E-state index in [4.69, 9.17) is 21.1 Å². The molecule has 1 N–H and O–H groups in total. The first-order valence-electron chi connectivity index (χ1n) is 20.4. The maximum Gasteiger partial charge on any atom is 0.435 e. The second-order valence-corrected chi connectivity index (χ2v) is 15.5. The zero-order chi connectivity index (χ0) is 46.0. The Morgan fingerprint density at radius 2 is 1.17 bits per heavy atom. The number of carbonyl (C=O) groups excluding carboxylic acids is 2. The van der Waals surface area contributed by atoms with Crippen LogP contribution in [0.3, 0.4) is 0 Å². The minimum absolute atomic E-state index is 0.0000117. The number of benzene rings is 2. The average molecular weight is 935 g/mol. The average Bonchev–Trinajstić information content (AvgIpc) is 4.11. The summed E-state index contributed by atoms with van der Waals surface area (Å²) in [6, 6.07) is 12.0. The number of carbonyl (C=O) groups is 2. The Kier molecular flexibility index (Phi) is 13.1. The summed E-state index contributed by atoms with van der Waals surface area (Å²) in [5.41, 5.74) is 3.84. The SMILES string of the molecule is FC(F)(F)c1n[nH]c2c1COCC2.O=C(CCl)N1CCCc2c1cnn2-c1ccc(F)cc1.O=C(Cn1nc(C(F)(F)F)c2c1CCOC2)N1CCCc2c1cnn2-c1ccc(F)cc1. The number of aromatic amines is 1. The molecule has 0 saturated heterocycles. The van der Waals surface area contributed by atoms with Crippen LogP contribution in [0.1, 0.15) is 58.1 Å². The monoisotopic (exact) mass is 934 g/mol. The molecule has 65 heavy (non-hydrogen) atoms. The molecule has 0 spiro atoms. The molecule has 0 aliphatic carbocycles. The molecule has 14 nitrogen and oxygen atoms in total. The van der Waals surface area contributed by atoms with Crippen LogP contribution in [0.15, 0.2) is 60.9 Å². The number of hydrogen-bond donors (Lipinski definition) is 1. The van der Waals surface area contributed by atoms with E-state index in [1.807, 2.05) is 0 Å². The van der Waals surface area contributed by atoms with Crippen LogP contribution in [0.4, 0.5) is 46.5 Å². The number of anilines is 2. The van der Waals surface area contributed by atoms with E-state index in [1.165, 1.54) is 29.2 Å². The molecule has 0 unspecified atom stereocenters. The van der Waals surface area contributed by atoms with Crippen molar-refractivity contribution in [3.63, 3.8) is 0 Å². The molecule has 0 bridgehead atoms. The van der Waals surface area contributed by atoms with Crippen molar-refractivity contribution >= 4 is 34.8 Å². The quantitative estimate of drug-likeness (QED) is 0.140. The van der Waals surface area contributed by atoms with Crippen LogP contribution in [-0.2, 0) is 76.9 Å². The summed E-state index contributed by atoms with van der Waals surface area (Å²) in [7, 11) is 0. The predicted octanol–water partition coefficient (Wildman–Crippen LogP) is 7.31. The molecule has 0 radical (unpaired) electrons. The molecule has 6 aromatic rings. The number of amides is 2. The Hall–Kier alpha value is -6.13. The third-order valence-electron chi connectivity index (χ3n) is 11.1. The van der Waals surface area contributed by atoms with Gasteiger partial charge in [-0.15, -0.1) is 11.6 Å². The van der Waals surface area contributed by atoms with Crippen molar-refractivity contribution in [1.29, 1.82) is 0 Å². The topological polar surface area (TPSA) is 141 Å². The normalized spacial score (nSPS) is 15.7. The fourth-order valence-electron chi connectivity index (χ4n) is 8.13. The van der Waals surface area contributed by atoms with Gasteiger partial charge < -0.3 is 19.3 Å². The molecule has 8 heterocycles. The molecule has 0 saturated carbocycles. The van der Waals surface area contributed by atoms with Gasteiger partial charge in [0, 0.05) is 48.4 Å². The molecule has 0 fully saturated rings. The van der Waals surface area contributed by atoms with E-state index in [0.29, 0.717) is 61.7 Å². The maximum atomic E-state index is 13.4. The summed E-state index contributed by atoms with van der Waals surface area (Å²) in [5.74, 6) is -1.17. The number of nitrogens with zero attached hydrogens (tertiary/aromatic N) is 9. The fourth-order valence-corrected chi connectivity index (χ4v) is 8.27. The molecular weight excluding hydrogens is 896 g/mol. The zero-order valence-corrected chi connectivity index (χ0v) is 35.0. The molecular formula is C42H39ClF8N10O4.